The van der Waals surface area contributed by atoms with E-state index in [0.29, 0.717) is 28.2 Å². The second-order valence-corrected chi connectivity index (χ2v) is 10.1. The zero-order chi connectivity index (χ0) is 28.6. The molecule has 12 heteroatoms. The molecule has 0 unspecified atom stereocenters. The van der Waals surface area contributed by atoms with Crippen molar-refractivity contribution in [1.82, 2.24) is 4.98 Å². The third-order valence-corrected chi connectivity index (χ3v) is 8.05. The molecule has 2 aliphatic heterocycles. The van der Waals surface area contributed by atoms with Gasteiger partial charge in [-0.25, -0.2) is 4.98 Å². The number of methoxy groups -OCH3 is 2. The number of aromatic hydroxyl groups is 1. The molecule has 1 N–H and O–H groups in total. The summed E-state index contributed by atoms with van der Waals surface area (Å²) in [5.41, 5.74) is 1.40. The van der Waals surface area contributed by atoms with Crippen molar-refractivity contribution in [1.29, 1.82) is 0 Å². The van der Waals surface area contributed by atoms with Gasteiger partial charge in [0, 0.05) is 11.8 Å². The number of hydrogen-bond acceptors (Lipinski definition) is 9. The second-order valence-electron chi connectivity index (χ2n) is 10.1. The van der Waals surface area contributed by atoms with Gasteiger partial charge >= 0.3 is 12.1 Å². The standard InChI is InChI=1S/C29H22F3NO8/c1-36-21-5-12(6-22(37-2)26(21)34)23-14-8-19-20(40-11-39-19)9-15(14)24(16-10-38-28(35)25(16)23)27-33-17-7-13(29(30,31)32)3-4-18(17)41-27/h3-9,16,23-25,34H,10-11H2,1-2H3/t16-,23-,24-,25+/m1/s1. The van der Waals surface area contributed by atoms with E-state index in [-0.39, 0.29) is 47.6 Å². The number of rotatable bonds is 4. The van der Waals surface area contributed by atoms with E-state index in [1.165, 1.54) is 20.3 Å². The number of oxazole rings is 1. The van der Waals surface area contributed by atoms with Gasteiger partial charge < -0.3 is 33.2 Å². The number of carbonyl (C=O) groups excluding carboxylic acids is 1. The maximum Gasteiger partial charge on any atom is 0.416 e. The normalized spacial score (nSPS) is 22.8. The van der Waals surface area contributed by atoms with E-state index in [1.54, 1.807) is 24.3 Å². The molecule has 1 fully saturated rings. The number of aromatic nitrogens is 1. The molecule has 7 rings (SSSR count). The fourth-order valence-electron chi connectivity index (χ4n) is 6.23. The zero-order valence-corrected chi connectivity index (χ0v) is 21.7. The number of nitrogens with zero attached hydrogens (tertiary/aromatic N) is 1. The van der Waals surface area contributed by atoms with Crippen molar-refractivity contribution in [2.45, 2.75) is 18.0 Å². The summed E-state index contributed by atoms with van der Waals surface area (Å²) in [5.74, 6) is -1.65. The van der Waals surface area contributed by atoms with E-state index >= 15 is 0 Å². The van der Waals surface area contributed by atoms with E-state index in [0.717, 1.165) is 12.1 Å². The maximum absolute atomic E-state index is 13.4. The molecule has 0 radical (unpaired) electrons. The van der Waals surface area contributed by atoms with Crippen LogP contribution < -0.4 is 18.9 Å². The van der Waals surface area contributed by atoms with Crippen LogP contribution in [0.2, 0.25) is 0 Å². The smallest absolute Gasteiger partial charge is 0.416 e. The van der Waals surface area contributed by atoms with Crippen LogP contribution in [0.25, 0.3) is 11.1 Å². The quantitative estimate of drug-likeness (QED) is 0.325. The zero-order valence-electron chi connectivity index (χ0n) is 21.7. The summed E-state index contributed by atoms with van der Waals surface area (Å²) in [4.78, 5) is 17.8. The highest BCUT2D eigenvalue weighted by atomic mass is 19.4. The van der Waals surface area contributed by atoms with Crippen molar-refractivity contribution >= 4 is 17.1 Å². The molecular weight excluding hydrogens is 547 g/mol. The fourth-order valence-corrected chi connectivity index (χ4v) is 6.23. The topological polar surface area (TPSA) is 109 Å². The minimum atomic E-state index is -4.54. The van der Waals surface area contributed by atoms with Gasteiger partial charge in [-0.15, -0.1) is 0 Å². The van der Waals surface area contributed by atoms with E-state index in [1.807, 2.05) is 0 Å². The number of phenols is 1. The Morgan fingerprint density at radius 3 is 2.22 bits per heavy atom. The molecule has 4 atom stereocenters. The summed E-state index contributed by atoms with van der Waals surface area (Å²) < 4.78 is 73.8. The Morgan fingerprint density at radius 1 is 0.927 bits per heavy atom. The molecule has 0 bridgehead atoms. The number of carbonyl (C=O) groups is 1. The highest BCUT2D eigenvalue weighted by Gasteiger charge is 2.54. The number of halogens is 3. The minimum Gasteiger partial charge on any atom is -0.502 e. The Balaban J connectivity index is 1.45. The molecule has 1 saturated heterocycles. The van der Waals surface area contributed by atoms with Gasteiger partial charge in [0.2, 0.25) is 18.4 Å². The predicted molar refractivity (Wildman–Crippen MR) is 134 cm³/mol. The van der Waals surface area contributed by atoms with Crippen molar-refractivity contribution in [2.75, 3.05) is 27.6 Å². The first-order valence-electron chi connectivity index (χ1n) is 12.7. The van der Waals surface area contributed by atoms with Gasteiger partial charge in [-0.3, -0.25) is 4.79 Å². The summed E-state index contributed by atoms with van der Waals surface area (Å²) in [7, 11) is 2.82. The molecular formula is C29H22F3NO8. The van der Waals surface area contributed by atoms with E-state index in [2.05, 4.69) is 4.98 Å². The van der Waals surface area contributed by atoms with Gasteiger partial charge in [-0.1, -0.05) is 0 Å². The van der Waals surface area contributed by atoms with Crippen molar-refractivity contribution in [3.63, 3.8) is 0 Å². The lowest BCUT2D eigenvalue weighted by atomic mass is 9.62. The average Bonchev–Trinajstić information content (AvgIpc) is 3.68. The Morgan fingerprint density at radius 2 is 1.59 bits per heavy atom. The molecule has 3 heterocycles. The number of esters is 1. The number of fused-ring (bicyclic) bond motifs is 4. The first-order valence-corrected chi connectivity index (χ1v) is 12.7. The van der Waals surface area contributed by atoms with Crippen molar-refractivity contribution in [3.05, 3.63) is 70.6 Å². The summed E-state index contributed by atoms with van der Waals surface area (Å²) in [5, 5.41) is 10.5. The van der Waals surface area contributed by atoms with E-state index in [9.17, 15) is 23.1 Å². The molecule has 3 aliphatic rings. The molecule has 0 saturated carbocycles. The molecule has 1 aliphatic carbocycles. The third-order valence-electron chi connectivity index (χ3n) is 8.05. The van der Waals surface area contributed by atoms with E-state index in [4.69, 9.17) is 28.1 Å². The van der Waals surface area contributed by atoms with Crippen LogP contribution in [-0.2, 0) is 15.7 Å². The van der Waals surface area contributed by atoms with Crippen molar-refractivity contribution in [3.8, 4) is 28.7 Å². The van der Waals surface area contributed by atoms with Crippen molar-refractivity contribution < 1.29 is 51.2 Å². The SMILES string of the molecule is COc1cc([C@@H]2c3cc4c(cc3[C@@H](c3nc5cc(C(F)(F)F)ccc5o3)[C@H]3COC(=O)[C@H]23)OCO4)cc(OC)c1O. The van der Waals surface area contributed by atoms with Crippen molar-refractivity contribution in [2.24, 2.45) is 11.8 Å². The number of benzene rings is 3. The lowest BCUT2D eigenvalue weighted by Crippen LogP contribution is -2.35. The summed E-state index contributed by atoms with van der Waals surface area (Å²) in [6, 6.07) is 9.97. The van der Waals surface area contributed by atoms with Crippen LogP contribution in [0.15, 0.2) is 46.9 Å². The van der Waals surface area contributed by atoms with Gasteiger partial charge in [-0.2, -0.15) is 13.2 Å². The molecule has 4 aromatic rings. The van der Waals surface area contributed by atoms with Gasteiger partial charge in [0.25, 0.3) is 0 Å². The number of ether oxygens (including phenoxy) is 5. The summed E-state index contributed by atoms with van der Waals surface area (Å²) in [6.07, 6.45) is -4.54. The van der Waals surface area contributed by atoms with Crippen LogP contribution in [0.4, 0.5) is 13.2 Å². The maximum atomic E-state index is 13.4. The molecule has 9 nitrogen and oxygen atoms in total. The van der Waals surface area contributed by atoms with E-state index < -0.39 is 41.4 Å². The molecule has 0 amide bonds. The Labute approximate surface area is 230 Å². The first kappa shape index (κ1) is 25.4. The lowest BCUT2D eigenvalue weighted by molar-refractivity contribution is -0.141. The Kier molecular flexibility index (Phi) is 5.54. The molecule has 3 aromatic carbocycles. The lowest BCUT2D eigenvalue weighted by Gasteiger charge is -2.38. The van der Waals surface area contributed by atoms with Crippen LogP contribution in [-0.4, -0.2) is 43.7 Å². The van der Waals surface area contributed by atoms with Crippen LogP contribution in [0, 0.1) is 11.8 Å². The highest BCUT2D eigenvalue weighted by Crippen LogP contribution is 2.57. The summed E-state index contributed by atoms with van der Waals surface area (Å²) >= 11 is 0. The largest absolute Gasteiger partial charge is 0.502 e. The third kappa shape index (κ3) is 3.84. The van der Waals surface area contributed by atoms with Gasteiger partial charge in [0.1, 0.15) is 5.52 Å². The second kappa shape index (κ2) is 8.95. The number of alkyl halides is 3. The highest BCUT2D eigenvalue weighted by molar-refractivity contribution is 5.80. The predicted octanol–water partition coefficient (Wildman–Crippen LogP) is 5.36. The number of hydrogen-bond donors (Lipinski definition) is 1. The molecule has 41 heavy (non-hydrogen) atoms. The summed E-state index contributed by atoms with van der Waals surface area (Å²) in [6.45, 7) is 0.0455. The van der Waals surface area contributed by atoms with Gasteiger partial charge in [0.05, 0.1) is 38.2 Å². The first-order chi connectivity index (χ1) is 19.7. The van der Waals surface area contributed by atoms with Gasteiger partial charge in [0.15, 0.2) is 28.6 Å². The average molecular weight is 569 g/mol. The number of phenolic OH excluding ortho intramolecular Hbond substituents is 1. The fraction of sp³-hybridized carbons (Fsp3) is 0.310. The monoisotopic (exact) mass is 569 g/mol. The Bertz CT molecular complexity index is 1690. The van der Waals surface area contributed by atoms with Crippen LogP contribution in [0.3, 0.4) is 0 Å². The molecule has 1 aromatic heterocycles. The van der Waals surface area contributed by atoms with Gasteiger partial charge in [-0.05, 0) is 59.2 Å². The van der Waals surface area contributed by atoms with Crippen LogP contribution in [0.5, 0.6) is 28.7 Å². The number of cyclic esters (lactones) is 1. The minimum absolute atomic E-state index is 0.00637. The molecule has 0 spiro atoms. The van der Waals surface area contributed by atoms with Crippen LogP contribution in [0.1, 0.15) is 40.0 Å². The van der Waals surface area contributed by atoms with Crippen LogP contribution >= 0.6 is 0 Å². The molecule has 212 valence electrons. The Hall–Kier alpha value is -4.61.